The standard InChI is InChI=1S/C22H38N4O2.HI/c1-18-9-8-14-26(16-18)13-7-6-12-24-22(23-2)25(3)17-19-10-11-20(27-4)15-21(19)28-5;/h10-11,15,18H,6-9,12-14,16-17H2,1-5H3,(H,23,24);1H. The van der Waals surface area contributed by atoms with Gasteiger partial charge in [-0.2, -0.15) is 0 Å². The normalized spacial score (nSPS) is 17.4. The molecule has 0 aliphatic carbocycles. The molecule has 1 heterocycles. The second kappa shape index (κ2) is 13.9. The molecule has 1 saturated heterocycles. The van der Waals surface area contributed by atoms with Gasteiger partial charge < -0.3 is 24.6 Å². The molecule has 6 nitrogen and oxygen atoms in total. The van der Waals surface area contributed by atoms with Gasteiger partial charge in [0.15, 0.2) is 5.96 Å². The van der Waals surface area contributed by atoms with Crippen LogP contribution >= 0.6 is 24.0 Å². The first-order valence-corrected chi connectivity index (χ1v) is 10.4. The molecule has 7 heteroatoms. The highest BCUT2D eigenvalue weighted by Gasteiger charge is 2.15. The molecule has 0 bridgehead atoms. The quantitative estimate of drug-likeness (QED) is 0.233. The zero-order valence-corrected chi connectivity index (χ0v) is 21.1. The van der Waals surface area contributed by atoms with Crippen molar-refractivity contribution in [2.45, 2.75) is 39.2 Å². The zero-order chi connectivity index (χ0) is 20.4. The van der Waals surface area contributed by atoms with Gasteiger partial charge in [0, 0.05) is 45.4 Å². The molecule has 0 amide bonds. The van der Waals surface area contributed by atoms with Crippen molar-refractivity contribution in [3.8, 4) is 11.5 Å². The van der Waals surface area contributed by atoms with Crippen molar-refractivity contribution in [2.24, 2.45) is 10.9 Å². The number of nitrogens with one attached hydrogen (secondary N) is 1. The number of hydrogen-bond donors (Lipinski definition) is 1. The molecule has 1 aliphatic rings. The van der Waals surface area contributed by atoms with Crippen LogP contribution in [0, 0.1) is 5.92 Å². The number of piperidine rings is 1. The maximum absolute atomic E-state index is 5.51. The molecule has 1 N–H and O–H groups in total. The number of methoxy groups -OCH3 is 2. The number of nitrogens with zero attached hydrogens (tertiary/aromatic N) is 3. The fourth-order valence-corrected chi connectivity index (χ4v) is 3.85. The van der Waals surface area contributed by atoms with Crippen LogP contribution in [0.25, 0.3) is 0 Å². The molecular formula is C22H39IN4O2. The lowest BCUT2D eigenvalue weighted by Crippen LogP contribution is -2.39. The van der Waals surface area contributed by atoms with Crippen LogP contribution in [0.3, 0.4) is 0 Å². The first-order chi connectivity index (χ1) is 13.6. The summed E-state index contributed by atoms with van der Waals surface area (Å²) in [6.45, 7) is 7.78. The van der Waals surface area contributed by atoms with Crippen molar-refractivity contribution < 1.29 is 9.47 Å². The maximum Gasteiger partial charge on any atom is 0.193 e. The van der Waals surface area contributed by atoms with E-state index in [0.717, 1.165) is 48.5 Å². The van der Waals surface area contributed by atoms with Crippen molar-refractivity contribution >= 4 is 29.9 Å². The Balaban J connectivity index is 0.00000420. The van der Waals surface area contributed by atoms with Gasteiger partial charge in [-0.3, -0.25) is 4.99 Å². The van der Waals surface area contributed by atoms with E-state index >= 15 is 0 Å². The van der Waals surface area contributed by atoms with Crippen LogP contribution in [-0.2, 0) is 6.54 Å². The predicted octanol–water partition coefficient (Wildman–Crippen LogP) is 3.84. The number of unbranched alkanes of at least 4 members (excludes halogenated alkanes) is 1. The third-order valence-electron chi connectivity index (χ3n) is 5.40. The van der Waals surface area contributed by atoms with Crippen molar-refractivity contribution in [1.29, 1.82) is 0 Å². The largest absolute Gasteiger partial charge is 0.497 e. The van der Waals surface area contributed by atoms with Crippen LogP contribution < -0.4 is 14.8 Å². The van der Waals surface area contributed by atoms with Gasteiger partial charge in [-0.15, -0.1) is 24.0 Å². The number of rotatable bonds is 9. The average molecular weight is 518 g/mol. The summed E-state index contributed by atoms with van der Waals surface area (Å²) < 4.78 is 10.8. The molecule has 1 unspecified atom stereocenters. The van der Waals surface area contributed by atoms with E-state index < -0.39 is 0 Å². The van der Waals surface area contributed by atoms with Gasteiger partial charge in [0.1, 0.15) is 11.5 Å². The van der Waals surface area contributed by atoms with Crippen molar-refractivity contribution in [3.05, 3.63) is 23.8 Å². The summed E-state index contributed by atoms with van der Waals surface area (Å²) in [5, 5.41) is 3.49. The van der Waals surface area contributed by atoms with Crippen LogP contribution in [0.5, 0.6) is 11.5 Å². The Labute approximate surface area is 194 Å². The van der Waals surface area contributed by atoms with Gasteiger partial charge in [-0.1, -0.05) is 6.92 Å². The lowest BCUT2D eigenvalue weighted by Gasteiger charge is -2.30. The fraction of sp³-hybridized carbons (Fsp3) is 0.682. The second-order valence-electron chi connectivity index (χ2n) is 7.76. The predicted molar refractivity (Wildman–Crippen MR) is 132 cm³/mol. The Morgan fingerprint density at radius 1 is 1.28 bits per heavy atom. The molecule has 166 valence electrons. The van der Waals surface area contributed by atoms with Gasteiger partial charge in [0.05, 0.1) is 14.2 Å². The minimum atomic E-state index is 0. The molecule has 1 fully saturated rings. The summed E-state index contributed by atoms with van der Waals surface area (Å²) >= 11 is 0. The number of halogens is 1. The SMILES string of the molecule is CN=C(NCCCCN1CCCC(C)C1)N(C)Cc1ccc(OC)cc1OC.I. The highest BCUT2D eigenvalue weighted by molar-refractivity contribution is 14.0. The Morgan fingerprint density at radius 2 is 2.07 bits per heavy atom. The van der Waals surface area contributed by atoms with E-state index in [2.05, 4.69) is 27.0 Å². The van der Waals surface area contributed by atoms with Crippen molar-refractivity contribution in [1.82, 2.24) is 15.1 Å². The summed E-state index contributed by atoms with van der Waals surface area (Å²) in [7, 11) is 7.24. The molecule has 1 aromatic rings. The fourth-order valence-electron chi connectivity index (χ4n) is 3.85. The minimum absolute atomic E-state index is 0. The Hall–Kier alpha value is -1.22. The molecule has 0 aromatic heterocycles. The Kier molecular flexibility index (Phi) is 12.4. The molecule has 0 spiro atoms. The van der Waals surface area contributed by atoms with Gasteiger partial charge in [-0.05, 0) is 56.8 Å². The highest BCUT2D eigenvalue weighted by Crippen LogP contribution is 2.25. The minimum Gasteiger partial charge on any atom is -0.497 e. The number of benzene rings is 1. The molecule has 0 saturated carbocycles. The second-order valence-corrected chi connectivity index (χ2v) is 7.76. The first-order valence-electron chi connectivity index (χ1n) is 10.4. The average Bonchev–Trinajstić information content (AvgIpc) is 2.71. The van der Waals surface area contributed by atoms with E-state index in [9.17, 15) is 0 Å². The van der Waals surface area contributed by atoms with Crippen LogP contribution in [0.4, 0.5) is 0 Å². The van der Waals surface area contributed by atoms with Crippen LogP contribution in [-0.4, -0.2) is 70.3 Å². The van der Waals surface area contributed by atoms with Crippen molar-refractivity contribution in [3.63, 3.8) is 0 Å². The lowest BCUT2D eigenvalue weighted by molar-refractivity contribution is 0.181. The number of guanidine groups is 1. The summed E-state index contributed by atoms with van der Waals surface area (Å²) in [6.07, 6.45) is 5.13. The summed E-state index contributed by atoms with van der Waals surface area (Å²) in [5.41, 5.74) is 1.10. The topological polar surface area (TPSA) is 49.3 Å². The summed E-state index contributed by atoms with van der Waals surface area (Å²) in [6, 6.07) is 5.92. The molecule has 1 aliphatic heterocycles. The molecule has 1 aromatic carbocycles. The number of ether oxygens (including phenoxy) is 2. The van der Waals surface area contributed by atoms with Gasteiger partial charge in [-0.25, -0.2) is 0 Å². The van der Waals surface area contributed by atoms with E-state index in [0.29, 0.717) is 0 Å². The third-order valence-corrected chi connectivity index (χ3v) is 5.40. The Bertz CT molecular complexity index is 627. The van der Waals surface area contributed by atoms with E-state index in [1.807, 2.05) is 32.3 Å². The van der Waals surface area contributed by atoms with Crippen LogP contribution in [0.1, 0.15) is 38.2 Å². The van der Waals surface area contributed by atoms with Gasteiger partial charge >= 0.3 is 0 Å². The van der Waals surface area contributed by atoms with Gasteiger partial charge in [0.2, 0.25) is 0 Å². The summed E-state index contributed by atoms with van der Waals surface area (Å²) in [4.78, 5) is 9.16. The molecule has 29 heavy (non-hydrogen) atoms. The Morgan fingerprint density at radius 3 is 2.72 bits per heavy atom. The lowest BCUT2D eigenvalue weighted by atomic mass is 10.0. The molecule has 2 rings (SSSR count). The maximum atomic E-state index is 5.51. The number of likely N-dealkylation sites (tertiary alicyclic amines) is 1. The van der Waals surface area contributed by atoms with E-state index in [1.165, 1.54) is 38.9 Å². The molecule has 1 atom stereocenters. The molecule has 0 radical (unpaired) electrons. The first kappa shape index (κ1) is 25.8. The smallest absolute Gasteiger partial charge is 0.193 e. The number of hydrogen-bond acceptors (Lipinski definition) is 4. The van der Waals surface area contributed by atoms with Crippen LogP contribution in [0.2, 0.25) is 0 Å². The molecular weight excluding hydrogens is 479 g/mol. The van der Waals surface area contributed by atoms with E-state index in [1.54, 1.807) is 14.2 Å². The van der Waals surface area contributed by atoms with E-state index in [-0.39, 0.29) is 24.0 Å². The van der Waals surface area contributed by atoms with Crippen molar-refractivity contribution in [2.75, 3.05) is 54.5 Å². The zero-order valence-electron chi connectivity index (χ0n) is 18.7. The summed E-state index contributed by atoms with van der Waals surface area (Å²) in [5.74, 6) is 3.39. The van der Waals surface area contributed by atoms with Gasteiger partial charge in [0.25, 0.3) is 0 Å². The highest BCUT2D eigenvalue weighted by atomic mass is 127. The number of aliphatic imine (C=N–C) groups is 1. The van der Waals surface area contributed by atoms with Crippen LogP contribution in [0.15, 0.2) is 23.2 Å². The third kappa shape index (κ3) is 8.58. The monoisotopic (exact) mass is 518 g/mol. The van der Waals surface area contributed by atoms with E-state index in [4.69, 9.17) is 9.47 Å².